The van der Waals surface area contributed by atoms with Crippen LogP contribution in [0.3, 0.4) is 0 Å². The van der Waals surface area contributed by atoms with Gasteiger partial charge in [0.1, 0.15) is 5.69 Å². The van der Waals surface area contributed by atoms with E-state index in [1.165, 1.54) is 11.3 Å². The van der Waals surface area contributed by atoms with Crippen LogP contribution in [0.4, 0.5) is 5.69 Å². The molecule has 0 aliphatic rings. The van der Waals surface area contributed by atoms with Crippen molar-refractivity contribution in [2.45, 2.75) is 0 Å². The van der Waals surface area contributed by atoms with Crippen molar-refractivity contribution in [3.8, 4) is 0 Å². The third kappa shape index (κ3) is 2.80. The molecule has 7 heteroatoms. The van der Waals surface area contributed by atoms with Gasteiger partial charge in [-0.3, -0.25) is 19.8 Å². The maximum atomic E-state index is 12.0. The molecule has 2 aromatic heterocycles. The predicted octanol–water partition coefficient (Wildman–Crippen LogP) is 2.67. The summed E-state index contributed by atoms with van der Waals surface area (Å²) in [4.78, 5) is 27.8. The Bertz CT molecular complexity index is 846. The van der Waals surface area contributed by atoms with Crippen LogP contribution in [-0.4, -0.2) is 22.0 Å². The zero-order valence-electron chi connectivity index (χ0n) is 11.2. The second-order valence-electron chi connectivity index (χ2n) is 4.47. The van der Waals surface area contributed by atoms with Gasteiger partial charge in [0, 0.05) is 16.6 Å². The van der Waals surface area contributed by atoms with E-state index in [0.717, 1.165) is 10.1 Å². The summed E-state index contributed by atoms with van der Waals surface area (Å²) < 4.78 is 0.884. The molecule has 3 N–H and O–H groups in total. The minimum atomic E-state index is -0.555. The van der Waals surface area contributed by atoms with Crippen LogP contribution < -0.4 is 10.8 Å². The summed E-state index contributed by atoms with van der Waals surface area (Å²) in [6.45, 7) is 0. The van der Waals surface area contributed by atoms with E-state index in [1.807, 2.05) is 6.07 Å². The van der Waals surface area contributed by atoms with E-state index >= 15 is 0 Å². The van der Waals surface area contributed by atoms with Gasteiger partial charge in [0.15, 0.2) is 0 Å². The maximum Gasteiger partial charge on any atom is 0.284 e. The Balaban J connectivity index is 1.86. The molecular weight excluding hydrogens is 302 g/mol. The van der Waals surface area contributed by atoms with Crippen molar-refractivity contribution in [1.82, 2.24) is 10.5 Å². The minimum Gasteiger partial charge on any atom is -0.321 e. The van der Waals surface area contributed by atoms with Crippen LogP contribution in [0, 0.1) is 0 Å². The highest BCUT2D eigenvalue weighted by Gasteiger charge is 2.11. The van der Waals surface area contributed by atoms with Crippen LogP contribution in [0.1, 0.15) is 20.2 Å². The van der Waals surface area contributed by atoms with Crippen LogP contribution in [-0.2, 0) is 0 Å². The van der Waals surface area contributed by atoms with E-state index in [0.29, 0.717) is 16.3 Å². The molecule has 22 heavy (non-hydrogen) atoms. The first-order valence-electron chi connectivity index (χ1n) is 6.38. The minimum absolute atomic E-state index is 0.302. The standard InChI is InChI=1S/C15H11N3O3S/c19-14(11-3-1-2-6-16-11)17-10-4-5-12-9(7-10)8-13(22-12)15(20)18-21/h1-8,21H,(H,17,19)(H,18,20). The lowest BCUT2D eigenvalue weighted by Gasteiger charge is -2.04. The van der Waals surface area contributed by atoms with Crippen LogP contribution in [0.25, 0.3) is 10.1 Å². The van der Waals surface area contributed by atoms with Gasteiger partial charge in [-0.15, -0.1) is 11.3 Å². The van der Waals surface area contributed by atoms with Gasteiger partial charge < -0.3 is 5.32 Å². The molecule has 3 rings (SSSR count). The molecule has 110 valence electrons. The van der Waals surface area contributed by atoms with E-state index in [2.05, 4.69) is 10.3 Å². The summed E-state index contributed by atoms with van der Waals surface area (Å²) in [7, 11) is 0. The Morgan fingerprint density at radius 1 is 1.09 bits per heavy atom. The van der Waals surface area contributed by atoms with Gasteiger partial charge in [0.05, 0.1) is 4.88 Å². The summed E-state index contributed by atoms with van der Waals surface area (Å²) in [5.74, 6) is -0.858. The van der Waals surface area contributed by atoms with Crippen molar-refractivity contribution in [3.05, 3.63) is 59.2 Å². The Morgan fingerprint density at radius 2 is 1.95 bits per heavy atom. The number of pyridine rings is 1. The van der Waals surface area contributed by atoms with Gasteiger partial charge >= 0.3 is 0 Å². The molecule has 3 aromatic rings. The molecule has 0 aliphatic heterocycles. The van der Waals surface area contributed by atoms with Gasteiger partial charge in [-0.05, 0) is 41.8 Å². The first-order chi connectivity index (χ1) is 10.7. The zero-order chi connectivity index (χ0) is 15.5. The molecule has 0 aliphatic carbocycles. The molecule has 0 atom stereocenters. The van der Waals surface area contributed by atoms with Crippen molar-refractivity contribution in [3.63, 3.8) is 0 Å². The number of aromatic nitrogens is 1. The van der Waals surface area contributed by atoms with Gasteiger partial charge in [-0.25, -0.2) is 5.48 Å². The fourth-order valence-corrected chi connectivity index (χ4v) is 2.91. The van der Waals surface area contributed by atoms with Gasteiger partial charge in [-0.2, -0.15) is 0 Å². The summed E-state index contributed by atoms with van der Waals surface area (Å²) in [5, 5.41) is 12.2. The number of carbonyl (C=O) groups excluding carboxylic acids is 2. The third-order valence-electron chi connectivity index (χ3n) is 3.00. The molecular formula is C15H11N3O3S. The number of carbonyl (C=O) groups is 2. The molecule has 1 aromatic carbocycles. The SMILES string of the molecule is O=C(Nc1ccc2sc(C(=O)NO)cc2c1)c1ccccn1. The van der Waals surface area contributed by atoms with Gasteiger partial charge in [-0.1, -0.05) is 6.07 Å². The lowest BCUT2D eigenvalue weighted by molar-refractivity contribution is 0.0711. The molecule has 0 bridgehead atoms. The monoisotopic (exact) mass is 313 g/mol. The van der Waals surface area contributed by atoms with E-state index < -0.39 is 5.91 Å². The maximum absolute atomic E-state index is 12.0. The van der Waals surface area contributed by atoms with E-state index in [-0.39, 0.29) is 5.91 Å². The molecule has 2 heterocycles. The normalized spacial score (nSPS) is 10.4. The fourth-order valence-electron chi connectivity index (χ4n) is 1.98. The number of hydrogen-bond donors (Lipinski definition) is 3. The lowest BCUT2D eigenvalue weighted by Crippen LogP contribution is -2.16. The average Bonchev–Trinajstić information content (AvgIpc) is 2.98. The van der Waals surface area contributed by atoms with E-state index in [9.17, 15) is 9.59 Å². The molecule has 0 unspecified atom stereocenters. The topological polar surface area (TPSA) is 91.3 Å². The molecule has 0 radical (unpaired) electrons. The Morgan fingerprint density at radius 3 is 2.68 bits per heavy atom. The summed E-state index contributed by atoms with van der Waals surface area (Å²) >= 11 is 1.26. The molecule has 0 saturated heterocycles. The first kappa shape index (κ1) is 14.2. The molecule has 6 nitrogen and oxygen atoms in total. The summed E-state index contributed by atoms with van der Waals surface area (Å²) in [6, 6.07) is 12.1. The third-order valence-corrected chi connectivity index (χ3v) is 4.11. The number of nitrogens with one attached hydrogen (secondary N) is 2. The smallest absolute Gasteiger partial charge is 0.284 e. The largest absolute Gasteiger partial charge is 0.321 e. The van der Waals surface area contributed by atoms with Crippen molar-refractivity contribution < 1.29 is 14.8 Å². The highest BCUT2D eigenvalue weighted by Crippen LogP contribution is 2.28. The number of anilines is 1. The summed E-state index contributed by atoms with van der Waals surface area (Å²) in [5.41, 5.74) is 2.54. The number of hydrogen-bond acceptors (Lipinski definition) is 5. The zero-order valence-corrected chi connectivity index (χ0v) is 12.1. The second kappa shape index (κ2) is 5.92. The quantitative estimate of drug-likeness (QED) is 0.512. The van der Waals surface area contributed by atoms with Crippen LogP contribution >= 0.6 is 11.3 Å². The average molecular weight is 313 g/mol. The highest BCUT2D eigenvalue weighted by molar-refractivity contribution is 7.20. The van der Waals surface area contributed by atoms with E-state index in [1.54, 1.807) is 48.1 Å². The number of nitrogens with zero attached hydrogens (tertiary/aromatic N) is 1. The highest BCUT2D eigenvalue weighted by atomic mass is 32.1. The number of amides is 2. The number of benzene rings is 1. The number of rotatable bonds is 3. The van der Waals surface area contributed by atoms with E-state index in [4.69, 9.17) is 5.21 Å². The number of fused-ring (bicyclic) bond motifs is 1. The number of hydroxylamine groups is 1. The Labute approximate surface area is 129 Å². The van der Waals surface area contributed by atoms with Crippen LogP contribution in [0.2, 0.25) is 0 Å². The molecule has 0 saturated carbocycles. The van der Waals surface area contributed by atoms with Gasteiger partial charge in [0.25, 0.3) is 11.8 Å². The van der Waals surface area contributed by atoms with Crippen LogP contribution in [0.5, 0.6) is 0 Å². The van der Waals surface area contributed by atoms with Crippen molar-refractivity contribution >= 4 is 38.9 Å². The Hall–Kier alpha value is -2.77. The molecule has 2 amide bonds. The lowest BCUT2D eigenvalue weighted by atomic mass is 10.2. The van der Waals surface area contributed by atoms with Crippen LogP contribution in [0.15, 0.2) is 48.7 Å². The summed E-state index contributed by atoms with van der Waals surface area (Å²) in [6.07, 6.45) is 1.55. The molecule has 0 spiro atoms. The van der Waals surface area contributed by atoms with Gasteiger partial charge in [0.2, 0.25) is 0 Å². The predicted molar refractivity (Wildman–Crippen MR) is 83.3 cm³/mol. The fraction of sp³-hybridized carbons (Fsp3) is 0. The van der Waals surface area contributed by atoms with Crippen molar-refractivity contribution in [1.29, 1.82) is 0 Å². The Kier molecular flexibility index (Phi) is 3.82. The second-order valence-corrected chi connectivity index (χ2v) is 5.56. The first-order valence-corrected chi connectivity index (χ1v) is 7.19. The van der Waals surface area contributed by atoms with Crippen molar-refractivity contribution in [2.24, 2.45) is 0 Å². The molecule has 0 fully saturated rings. The van der Waals surface area contributed by atoms with Crippen molar-refractivity contribution in [2.75, 3.05) is 5.32 Å². The number of thiophene rings is 1.